The lowest BCUT2D eigenvalue weighted by Crippen LogP contribution is -2.41. The SMILES string of the molecule is O=C(/C=C/c1ccccc1Br)NNC(=O)CSc1ccccc1F. The molecular weight excluding hydrogens is 395 g/mol. The number of hydrogen-bond acceptors (Lipinski definition) is 3. The Morgan fingerprint density at radius 3 is 2.54 bits per heavy atom. The predicted octanol–water partition coefficient (Wildman–Crippen LogP) is 3.54. The highest BCUT2D eigenvalue weighted by atomic mass is 79.9. The van der Waals surface area contributed by atoms with E-state index in [-0.39, 0.29) is 11.6 Å². The average molecular weight is 409 g/mol. The van der Waals surface area contributed by atoms with Crippen molar-refractivity contribution in [1.29, 1.82) is 0 Å². The van der Waals surface area contributed by atoms with Crippen LogP contribution >= 0.6 is 27.7 Å². The summed E-state index contributed by atoms with van der Waals surface area (Å²) in [6.45, 7) is 0. The van der Waals surface area contributed by atoms with Crippen molar-refractivity contribution in [2.24, 2.45) is 0 Å². The summed E-state index contributed by atoms with van der Waals surface area (Å²) in [6.07, 6.45) is 2.93. The number of carbonyl (C=O) groups is 2. The topological polar surface area (TPSA) is 58.2 Å². The number of carbonyl (C=O) groups excluding carboxylic acids is 2. The second kappa shape index (κ2) is 9.24. The summed E-state index contributed by atoms with van der Waals surface area (Å²) in [5.41, 5.74) is 5.40. The maximum atomic E-state index is 13.4. The Kier molecular flexibility index (Phi) is 7.02. The number of nitrogens with one attached hydrogen (secondary N) is 2. The smallest absolute Gasteiger partial charge is 0.262 e. The molecule has 0 fully saturated rings. The fourth-order valence-corrected chi connectivity index (χ4v) is 2.85. The molecule has 0 bridgehead atoms. The van der Waals surface area contributed by atoms with Crippen LogP contribution in [-0.4, -0.2) is 17.6 Å². The quantitative estimate of drug-likeness (QED) is 0.451. The Morgan fingerprint density at radius 1 is 1.08 bits per heavy atom. The van der Waals surface area contributed by atoms with Crippen LogP contribution in [0.4, 0.5) is 4.39 Å². The Bertz CT molecular complexity index is 768. The van der Waals surface area contributed by atoms with Gasteiger partial charge in [-0.3, -0.25) is 20.4 Å². The molecule has 0 spiro atoms. The van der Waals surface area contributed by atoms with E-state index in [1.165, 1.54) is 12.1 Å². The first kappa shape index (κ1) is 18.2. The second-order valence-electron chi connectivity index (χ2n) is 4.61. The Hall–Kier alpha value is -2.12. The van der Waals surface area contributed by atoms with E-state index in [0.717, 1.165) is 21.8 Å². The fraction of sp³-hybridized carbons (Fsp3) is 0.0588. The minimum absolute atomic E-state index is 0.00480. The summed E-state index contributed by atoms with van der Waals surface area (Å²) < 4.78 is 14.3. The van der Waals surface area contributed by atoms with E-state index in [9.17, 15) is 14.0 Å². The van der Waals surface area contributed by atoms with Crippen molar-refractivity contribution in [3.8, 4) is 0 Å². The zero-order valence-electron chi connectivity index (χ0n) is 12.5. The summed E-state index contributed by atoms with van der Waals surface area (Å²) >= 11 is 4.43. The summed E-state index contributed by atoms with van der Waals surface area (Å²) in [6, 6.07) is 13.6. The number of thioether (sulfide) groups is 1. The summed E-state index contributed by atoms with van der Waals surface area (Å²) in [5, 5.41) is 0. The molecule has 124 valence electrons. The highest BCUT2D eigenvalue weighted by molar-refractivity contribution is 9.10. The van der Waals surface area contributed by atoms with Crippen LogP contribution in [0.5, 0.6) is 0 Å². The number of hydrogen-bond donors (Lipinski definition) is 2. The van der Waals surface area contributed by atoms with Crippen molar-refractivity contribution in [3.05, 3.63) is 70.5 Å². The van der Waals surface area contributed by atoms with Crippen molar-refractivity contribution in [2.45, 2.75) is 4.90 Å². The number of hydrazine groups is 1. The molecule has 0 unspecified atom stereocenters. The molecule has 0 saturated heterocycles. The average Bonchev–Trinajstić information content (AvgIpc) is 2.58. The molecule has 2 aromatic carbocycles. The van der Waals surface area contributed by atoms with Crippen molar-refractivity contribution >= 4 is 45.6 Å². The summed E-state index contributed by atoms with van der Waals surface area (Å²) in [7, 11) is 0. The predicted molar refractivity (Wildman–Crippen MR) is 96.6 cm³/mol. The standard InChI is InChI=1S/C17H14BrFN2O2S/c18-13-6-2-1-5-12(13)9-10-16(22)20-21-17(23)11-24-15-8-4-3-7-14(15)19/h1-10H,11H2,(H,20,22)(H,21,23)/b10-9+. The van der Waals surface area contributed by atoms with E-state index in [1.54, 1.807) is 24.3 Å². The third-order valence-corrected chi connectivity index (χ3v) is 4.61. The van der Waals surface area contributed by atoms with E-state index < -0.39 is 11.8 Å². The Morgan fingerprint density at radius 2 is 1.79 bits per heavy atom. The van der Waals surface area contributed by atoms with Crippen LogP contribution in [-0.2, 0) is 9.59 Å². The number of halogens is 2. The van der Waals surface area contributed by atoms with E-state index in [1.807, 2.05) is 24.3 Å². The maximum absolute atomic E-state index is 13.4. The first-order chi connectivity index (χ1) is 11.6. The molecule has 0 radical (unpaired) electrons. The normalized spacial score (nSPS) is 10.6. The molecule has 0 heterocycles. The highest BCUT2D eigenvalue weighted by Crippen LogP contribution is 2.20. The zero-order chi connectivity index (χ0) is 17.4. The van der Waals surface area contributed by atoms with E-state index in [0.29, 0.717) is 4.90 Å². The van der Waals surface area contributed by atoms with Gasteiger partial charge in [0.1, 0.15) is 5.82 Å². The van der Waals surface area contributed by atoms with Gasteiger partial charge in [0.15, 0.2) is 0 Å². The summed E-state index contributed by atoms with van der Waals surface area (Å²) in [4.78, 5) is 23.7. The minimum Gasteiger partial charge on any atom is -0.272 e. The highest BCUT2D eigenvalue weighted by Gasteiger charge is 2.06. The zero-order valence-corrected chi connectivity index (χ0v) is 14.9. The third kappa shape index (κ3) is 5.82. The molecular formula is C17H14BrFN2O2S. The van der Waals surface area contributed by atoms with Crippen molar-refractivity contribution in [2.75, 3.05) is 5.75 Å². The van der Waals surface area contributed by atoms with Gasteiger partial charge in [0.2, 0.25) is 5.91 Å². The second-order valence-corrected chi connectivity index (χ2v) is 6.48. The van der Waals surface area contributed by atoms with Crippen LogP contribution in [0.1, 0.15) is 5.56 Å². The largest absolute Gasteiger partial charge is 0.272 e. The lowest BCUT2D eigenvalue weighted by Gasteiger charge is -2.06. The lowest BCUT2D eigenvalue weighted by atomic mass is 10.2. The van der Waals surface area contributed by atoms with Gasteiger partial charge >= 0.3 is 0 Å². The first-order valence-corrected chi connectivity index (χ1v) is 8.73. The van der Waals surface area contributed by atoms with Gasteiger partial charge in [-0.1, -0.05) is 46.3 Å². The van der Waals surface area contributed by atoms with E-state index in [4.69, 9.17) is 0 Å². The van der Waals surface area contributed by atoms with Crippen molar-refractivity contribution < 1.29 is 14.0 Å². The first-order valence-electron chi connectivity index (χ1n) is 6.95. The number of amides is 2. The van der Waals surface area contributed by atoms with Crippen LogP contribution in [0.2, 0.25) is 0 Å². The lowest BCUT2D eigenvalue weighted by molar-refractivity contribution is -0.125. The van der Waals surface area contributed by atoms with Gasteiger partial charge in [0.25, 0.3) is 5.91 Å². The molecule has 0 saturated carbocycles. The monoisotopic (exact) mass is 408 g/mol. The van der Waals surface area contributed by atoms with Crippen LogP contribution in [0.25, 0.3) is 6.08 Å². The van der Waals surface area contributed by atoms with Gasteiger partial charge in [-0.05, 0) is 29.8 Å². The molecule has 0 atom stereocenters. The van der Waals surface area contributed by atoms with Gasteiger partial charge in [-0.25, -0.2) is 4.39 Å². The molecule has 24 heavy (non-hydrogen) atoms. The number of benzene rings is 2. The van der Waals surface area contributed by atoms with Gasteiger partial charge in [-0.2, -0.15) is 0 Å². The molecule has 0 aliphatic heterocycles. The number of rotatable bonds is 5. The molecule has 4 nitrogen and oxygen atoms in total. The molecule has 0 aromatic heterocycles. The Labute approximate surface area is 151 Å². The van der Waals surface area contributed by atoms with Gasteiger partial charge in [-0.15, -0.1) is 11.8 Å². The Balaban J connectivity index is 1.76. The van der Waals surface area contributed by atoms with Crippen LogP contribution < -0.4 is 10.9 Å². The third-order valence-electron chi connectivity index (χ3n) is 2.84. The van der Waals surface area contributed by atoms with Crippen molar-refractivity contribution in [3.63, 3.8) is 0 Å². The van der Waals surface area contributed by atoms with Crippen LogP contribution in [0.15, 0.2) is 64.0 Å². The molecule has 0 aliphatic rings. The van der Waals surface area contributed by atoms with Crippen molar-refractivity contribution in [1.82, 2.24) is 10.9 Å². The minimum atomic E-state index is -0.463. The molecule has 2 amide bonds. The molecule has 0 aliphatic carbocycles. The van der Waals surface area contributed by atoms with E-state index in [2.05, 4.69) is 26.8 Å². The molecule has 2 aromatic rings. The van der Waals surface area contributed by atoms with Crippen LogP contribution in [0.3, 0.4) is 0 Å². The van der Waals surface area contributed by atoms with E-state index >= 15 is 0 Å². The van der Waals surface area contributed by atoms with Gasteiger partial charge in [0.05, 0.1) is 5.75 Å². The van der Waals surface area contributed by atoms with Gasteiger partial charge < -0.3 is 0 Å². The molecule has 2 rings (SSSR count). The van der Waals surface area contributed by atoms with Gasteiger partial charge in [0, 0.05) is 15.4 Å². The molecule has 7 heteroatoms. The molecule has 2 N–H and O–H groups in total. The fourth-order valence-electron chi connectivity index (χ4n) is 1.69. The maximum Gasteiger partial charge on any atom is 0.262 e. The van der Waals surface area contributed by atoms with Crippen LogP contribution in [0, 0.1) is 5.82 Å². The summed E-state index contributed by atoms with van der Waals surface area (Å²) in [5.74, 6) is -1.27.